The molecule has 12 heteroatoms. The van der Waals surface area contributed by atoms with Crippen LogP contribution in [-0.2, 0) is 17.5 Å². The second-order valence-electron chi connectivity index (χ2n) is 8.93. The van der Waals surface area contributed by atoms with Crippen molar-refractivity contribution in [2.45, 2.75) is 58.4 Å². The number of hydrogen-bond acceptors (Lipinski definition) is 7. The number of carbonyl (C=O) groups is 1. The second kappa shape index (κ2) is 7.82. The minimum absolute atomic E-state index is 0.0407. The van der Waals surface area contributed by atoms with Gasteiger partial charge in [-0.05, 0) is 31.6 Å². The van der Waals surface area contributed by atoms with E-state index in [1.54, 1.807) is 6.92 Å². The third-order valence-electron chi connectivity index (χ3n) is 6.06. The fraction of sp³-hybridized carbons (Fsp3) is 0.600. The van der Waals surface area contributed by atoms with Crippen LogP contribution in [0.4, 0.5) is 36.4 Å². The molecule has 174 valence electrons. The van der Waals surface area contributed by atoms with Crippen molar-refractivity contribution in [3.63, 3.8) is 0 Å². The molecule has 4 rings (SSSR count). The largest absolute Gasteiger partial charge is 0.433 e. The standard InChI is InChI=1S/C20H27F3N8O/c1-9(2)16-18(32)27-15-10(3)25-19(28-17(15)30(16)4)26-12-5-11(6-12)8-31-13(20(21,22)23)7-14(24)29-31/h7,9,11-12,16H,5-6,8H2,1-4H3,(H2,24,29)(H,27,32)(H,25,26,28)/t11-,12+,16-/m0/s1. The molecular formula is C20H27F3N8O. The van der Waals surface area contributed by atoms with Crippen LogP contribution in [0.15, 0.2) is 6.07 Å². The minimum atomic E-state index is -4.49. The first kappa shape index (κ1) is 22.2. The van der Waals surface area contributed by atoms with Gasteiger partial charge in [0, 0.05) is 25.7 Å². The Bertz CT molecular complexity index is 1030. The Balaban J connectivity index is 1.42. The van der Waals surface area contributed by atoms with Crippen molar-refractivity contribution in [1.29, 1.82) is 0 Å². The lowest BCUT2D eigenvalue weighted by atomic mass is 9.80. The molecule has 1 amide bonds. The summed E-state index contributed by atoms with van der Waals surface area (Å²) in [4.78, 5) is 23.4. The zero-order valence-electron chi connectivity index (χ0n) is 18.4. The van der Waals surface area contributed by atoms with Gasteiger partial charge in [-0.15, -0.1) is 0 Å². The van der Waals surface area contributed by atoms with E-state index in [0.717, 1.165) is 10.7 Å². The minimum Gasteiger partial charge on any atom is -0.382 e. The first-order chi connectivity index (χ1) is 14.9. The highest BCUT2D eigenvalue weighted by Crippen LogP contribution is 2.37. The number of anilines is 4. The molecule has 0 unspecified atom stereocenters. The summed E-state index contributed by atoms with van der Waals surface area (Å²) in [5.74, 6) is 1.01. The molecule has 4 N–H and O–H groups in total. The molecule has 2 aromatic rings. The summed E-state index contributed by atoms with van der Waals surface area (Å²) < 4.78 is 40.3. The Kier molecular flexibility index (Phi) is 5.41. The Morgan fingerprint density at radius 1 is 1.31 bits per heavy atom. The highest BCUT2D eigenvalue weighted by molar-refractivity contribution is 6.03. The number of aryl methyl sites for hydroxylation is 1. The van der Waals surface area contributed by atoms with E-state index in [1.165, 1.54) is 0 Å². The molecule has 3 heterocycles. The van der Waals surface area contributed by atoms with E-state index in [4.69, 9.17) is 5.73 Å². The number of nitrogens with one attached hydrogen (secondary N) is 2. The van der Waals surface area contributed by atoms with Gasteiger partial charge in [-0.3, -0.25) is 9.48 Å². The molecule has 0 aromatic carbocycles. The van der Waals surface area contributed by atoms with Crippen molar-refractivity contribution in [2.75, 3.05) is 28.3 Å². The molecule has 0 saturated heterocycles. The number of rotatable bonds is 5. The van der Waals surface area contributed by atoms with Crippen LogP contribution in [0.5, 0.6) is 0 Å². The van der Waals surface area contributed by atoms with Gasteiger partial charge in [-0.25, -0.2) is 4.98 Å². The maximum atomic E-state index is 13.1. The third kappa shape index (κ3) is 4.05. The number of aromatic nitrogens is 4. The summed E-state index contributed by atoms with van der Waals surface area (Å²) in [5, 5.41) is 9.97. The first-order valence-electron chi connectivity index (χ1n) is 10.5. The van der Waals surface area contributed by atoms with Crippen molar-refractivity contribution in [3.05, 3.63) is 17.5 Å². The Hall–Kier alpha value is -3.05. The molecule has 0 bridgehead atoms. The van der Waals surface area contributed by atoms with Gasteiger partial charge in [-0.1, -0.05) is 13.8 Å². The number of likely N-dealkylation sites (N-methyl/N-ethyl adjacent to an activating group) is 1. The van der Waals surface area contributed by atoms with E-state index in [-0.39, 0.29) is 42.2 Å². The van der Waals surface area contributed by atoms with E-state index >= 15 is 0 Å². The van der Waals surface area contributed by atoms with Crippen LogP contribution in [0.2, 0.25) is 0 Å². The number of nitrogens with zero attached hydrogens (tertiary/aromatic N) is 5. The van der Waals surface area contributed by atoms with Gasteiger partial charge in [0.1, 0.15) is 23.2 Å². The molecule has 1 fully saturated rings. The lowest BCUT2D eigenvalue weighted by Crippen LogP contribution is -2.50. The van der Waals surface area contributed by atoms with E-state index in [1.807, 2.05) is 25.8 Å². The van der Waals surface area contributed by atoms with Crippen molar-refractivity contribution in [2.24, 2.45) is 11.8 Å². The van der Waals surface area contributed by atoms with Gasteiger partial charge in [0.25, 0.3) is 0 Å². The van der Waals surface area contributed by atoms with Crippen LogP contribution >= 0.6 is 0 Å². The topological polar surface area (TPSA) is 114 Å². The number of fused-ring (bicyclic) bond motifs is 1. The van der Waals surface area contributed by atoms with Gasteiger partial charge < -0.3 is 21.3 Å². The van der Waals surface area contributed by atoms with Crippen molar-refractivity contribution >= 4 is 29.2 Å². The third-order valence-corrected chi connectivity index (χ3v) is 6.06. The number of nitrogen functional groups attached to an aromatic ring is 1. The summed E-state index contributed by atoms with van der Waals surface area (Å²) in [6.07, 6.45) is -3.16. The smallest absolute Gasteiger partial charge is 0.382 e. The maximum absolute atomic E-state index is 13.1. The fourth-order valence-corrected chi connectivity index (χ4v) is 4.51. The lowest BCUT2D eigenvalue weighted by Gasteiger charge is -2.38. The SMILES string of the molecule is Cc1nc(N[C@H]2C[C@@H](Cn3nc(N)cc3C(F)(F)F)C2)nc2c1NC(=O)[C@H](C(C)C)N2C. The number of carbonyl (C=O) groups excluding carboxylic acids is 1. The predicted molar refractivity (Wildman–Crippen MR) is 114 cm³/mol. The van der Waals surface area contributed by atoms with Gasteiger partial charge in [0.05, 0.1) is 5.69 Å². The summed E-state index contributed by atoms with van der Waals surface area (Å²) in [7, 11) is 1.84. The number of amides is 1. The van der Waals surface area contributed by atoms with E-state index in [2.05, 4.69) is 25.7 Å². The molecular weight excluding hydrogens is 425 g/mol. The van der Waals surface area contributed by atoms with Gasteiger partial charge in [0.2, 0.25) is 11.9 Å². The molecule has 1 aliphatic carbocycles. The highest BCUT2D eigenvalue weighted by atomic mass is 19.4. The zero-order valence-corrected chi connectivity index (χ0v) is 18.4. The number of alkyl halides is 3. The monoisotopic (exact) mass is 452 g/mol. The molecule has 32 heavy (non-hydrogen) atoms. The molecule has 9 nitrogen and oxygen atoms in total. The van der Waals surface area contributed by atoms with Gasteiger partial charge in [-0.2, -0.15) is 23.3 Å². The molecule has 0 radical (unpaired) electrons. The quantitative estimate of drug-likeness (QED) is 0.639. The highest BCUT2D eigenvalue weighted by Gasteiger charge is 2.39. The summed E-state index contributed by atoms with van der Waals surface area (Å²) in [5.41, 5.74) is 5.89. The van der Waals surface area contributed by atoms with Gasteiger partial charge >= 0.3 is 6.18 Å². The first-order valence-corrected chi connectivity index (χ1v) is 10.5. The average molecular weight is 452 g/mol. The van der Waals surface area contributed by atoms with Crippen molar-refractivity contribution < 1.29 is 18.0 Å². The van der Waals surface area contributed by atoms with Crippen LogP contribution in [0.3, 0.4) is 0 Å². The van der Waals surface area contributed by atoms with E-state index in [0.29, 0.717) is 36.0 Å². The fourth-order valence-electron chi connectivity index (χ4n) is 4.51. The average Bonchev–Trinajstić information content (AvgIpc) is 3.01. The predicted octanol–water partition coefficient (Wildman–Crippen LogP) is 2.89. The number of nitrogens with two attached hydrogens (primary N) is 1. The van der Waals surface area contributed by atoms with Crippen LogP contribution < -0.4 is 21.3 Å². The molecule has 1 aliphatic heterocycles. The van der Waals surface area contributed by atoms with Crippen LogP contribution in [-0.4, -0.2) is 44.8 Å². The Morgan fingerprint density at radius 2 is 2.00 bits per heavy atom. The zero-order chi connectivity index (χ0) is 23.4. The summed E-state index contributed by atoms with van der Waals surface area (Å²) in [6, 6.07) is 0.573. The number of halogens is 3. The van der Waals surface area contributed by atoms with E-state index < -0.39 is 11.9 Å². The molecule has 2 aliphatic rings. The number of hydrogen-bond donors (Lipinski definition) is 3. The lowest BCUT2D eigenvalue weighted by molar-refractivity contribution is -0.144. The molecule has 1 atom stereocenters. The molecule has 0 spiro atoms. The van der Waals surface area contributed by atoms with Crippen LogP contribution in [0.25, 0.3) is 0 Å². The molecule has 2 aromatic heterocycles. The van der Waals surface area contributed by atoms with Crippen molar-refractivity contribution in [3.8, 4) is 0 Å². The van der Waals surface area contributed by atoms with Crippen molar-refractivity contribution in [1.82, 2.24) is 19.7 Å². The Morgan fingerprint density at radius 3 is 2.62 bits per heavy atom. The van der Waals surface area contributed by atoms with Gasteiger partial charge in [0.15, 0.2) is 5.82 Å². The van der Waals surface area contributed by atoms with E-state index in [9.17, 15) is 18.0 Å². The molecule has 1 saturated carbocycles. The van der Waals surface area contributed by atoms with Crippen LogP contribution in [0, 0.1) is 18.8 Å². The normalized spacial score (nSPS) is 23.1. The maximum Gasteiger partial charge on any atom is 0.433 e. The summed E-state index contributed by atoms with van der Waals surface area (Å²) in [6.45, 7) is 5.91. The Labute approximate surface area is 183 Å². The second-order valence-corrected chi connectivity index (χ2v) is 8.93. The summed E-state index contributed by atoms with van der Waals surface area (Å²) >= 11 is 0. The van der Waals surface area contributed by atoms with Crippen LogP contribution in [0.1, 0.15) is 38.1 Å².